The third-order valence-corrected chi connectivity index (χ3v) is 3.22. The molecule has 0 unspecified atom stereocenters. The summed E-state index contributed by atoms with van der Waals surface area (Å²) in [7, 11) is 0. The number of aromatic nitrogens is 2. The predicted octanol–water partition coefficient (Wildman–Crippen LogP) is 3.26. The van der Waals surface area contributed by atoms with Crippen LogP contribution in [0.25, 0.3) is 5.65 Å². The lowest BCUT2D eigenvalue weighted by molar-refractivity contribution is 0.0698. The summed E-state index contributed by atoms with van der Waals surface area (Å²) in [6.07, 6.45) is 3.50. The van der Waals surface area contributed by atoms with Crippen molar-refractivity contribution in [2.45, 2.75) is 6.61 Å². The number of hydrogen-bond donors (Lipinski definition) is 1. The first-order chi connectivity index (χ1) is 10.1. The number of nitrogens with zero attached hydrogens (tertiary/aromatic N) is 2. The summed E-state index contributed by atoms with van der Waals surface area (Å²) in [4.78, 5) is 15.4. The molecule has 1 aromatic carbocycles. The predicted molar refractivity (Wildman–Crippen MR) is 77.9 cm³/mol. The van der Waals surface area contributed by atoms with Crippen molar-refractivity contribution in [1.82, 2.24) is 9.38 Å². The lowest BCUT2D eigenvalue weighted by Crippen LogP contribution is -2.00. The number of imidazole rings is 1. The minimum absolute atomic E-state index is 0.162. The van der Waals surface area contributed by atoms with Gasteiger partial charge in [-0.15, -0.1) is 0 Å². The topological polar surface area (TPSA) is 63.8 Å². The molecule has 0 aliphatic heterocycles. The number of carboxylic acid groups (broad SMARTS) is 1. The zero-order chi connectivity index (χ0) is 14.8. The smallest absolute Gasteiger partial charge is 0.339 e. The third kappa shape index (κ3) is 2.83. The molecule has 0 aliphatic rings. The third-order valence-electron chi connectivity index (χ3n) is 2.96. The second-order valence-corrected chi connectivity index (χ2v) is 4.87. The molecular weight excluding hydrogens is 292 g/mol. The molecule has 1 N–H and O–H groups in total. The molecule has 0 radical (unpaired) electrons. The van der Waals surface area contributed by atoms with Gasteiger partial charge in [-0.25, -0.2) is 9.78 Å². The Hall–Kier alpha value is -2.53. The molecule has 0 bridgehead atoms. The van der Waals surface area contributed by atoms with Gasteiger partial charge in [0.2, 0.25) is 0 Å². The summed E-state index contributed by atoms with van der Waals surface area (Å²) in [5.74, 6) is -0.328. The SMILES string of the molecule is O=C(O)c1cccn2cc(COc3ccc(Cl)cc3)nc12. The molecule has 3 aromatic rings. The van der Waals surface area contributed by atoms with E-state index in [1.165, 1.54) is 6.07 Å². The minimum atomic E-state index is -1.00. The van der Waals surface area contributed by atoms with E-state index in [-0.39, 0.29) is 12.2 Å². The summed E-state index contributed by atoms with van der Waals surface area (Å²) < 4.78 is 7.27. The van der Waals surface area contributed by atoms with Gasteiger partial charge in [0.05, 0.1) is 5.69 Å². The Morgan fingerprint density at radius 1 is 1.29 bits per heavy atom. The van der Waals surface area contributed by atoms with Gasteiger partial charge in [0.1, 0.15) is 17.9 Å². The van der Waals surface area contributed by atoms with Crippen LogP contribution in [0.5, 0.6) is 5.75 Å². The van der Waals surface area contributed by atoms with E-state index in [4.69, 9.17) is 21.4 Å². The molecule has 0 aliphatic carbocycles. The fourth-order valence-electron chi connectivity index (χ4n) is 1.99. The minimum Gasteiger partial charge on any atom is -0.487 e. The molecule has 0 saturated carbocycles. The first-order valence-corrected chi connectivity index (χ1v) is 6.59. The van der Waals surface area contributed by atoms with Gasteiger partial charge in [0.25, 0.3) is 0 Å². The molecule has 106 valence electrons. The number of benzene rings is 1. The van der Waals surface area contributed by atoms with E-state index < -0.39 is 5.97 Å². The van der Waals surface area contributed by atoms with Crippen LogP contribution < -0.4 is 4.74 Å². The summed E-state index contributed by atoms with van der Waals surface area (Å²) in [5.41, 5.74) is 1.22. The maximum absolute atomic E-state index is 11.1. The van der Waals surface area contributed by atoms with Gasteiger partial charge in [0.15, 0.2) is 5.65 Å². The second-order valence-electron chi connectivity index (χ2n) is 4.43. The van der Waals surface area contributed by atoms with Crippen molar-refractivity contribution >= 4 is 23.2 Å². The molecule has 21 heavy (non-hydrogen) atoms. The Balaban J connectivity index is 1.83. The number of pyridine rings is 1. The number of aromatic carboxylic acids is 1. The largest absolute Gasteiger partial charge is 0.487 e. The van der Waals surface area contributed by atoms with Crippen LogP contribution in [0.3, 0.4) is 0 Å². The van der Waals surface area contributed by atoms with Gasteiger partial charge >= 0.3 is 5.97 Å². The first-order valence-electron chi connectivity index (χ1n) is 6.22. The van der Waals surface area contributed by atoms with E-state index in [2.05, 4.69) is 4.98 Å². The average Bonchev–Trinajstić information content (AvgIpc) is 2.89. The maximum atomic E-state index is 11.1. The fraction of sp³-hybridized carbons (Fsp3) is 0.0667. The lowest BCUT2D eigenvalue weighted by Gasteiger charge is -2.03. The van der Waals surface area contributed by atoms with Crippen molar-refractivity contribution in [3.05, 3.63) is 65.1 Å². The van der Waals surface area contributed by atoms with Crippen LogP contribution in [0.2, 0.25) is 5.02 Å². The Morgan fingerprint density at radius 3 is 2.76 bits per heavy atom. The Labute approximate surface area is 125 Å². The molecule has 0 fully saturated rings. The average molecular weight is 303 g/mol. The van der Waals surface area contributed by atoms with Gasteiger partial charge < -0.3 is 14.2 Å². The quantitative estimate of drug-likeness (QED) is 0.803. The molecule has 0 atom stereocenters. The van der Waals surface area contributed by atoms with Crippen molar-refractivity contribution in [3.8, 4) is 5.75 Å². The molecule has 0 amide bonds. The number of fused-ring (bicyclic) bond motifs is 1. The van der Waals surface area contributed by atoms with Crippen LogP contribution in [0.4, 0.5) is 0 Å². The van der Waals surface area contributed by atoms with Gasteiger partial charge in [-0.3, -0.25) is 0 Å². The summed E-state index contributed by atoms with van der Waals surface area (Å²) in [5, 5.41) is 9.77. The molecule has 2 aromatic heterocycles. The van der Waals surface area contributed by atoms with E-state index in [0.717, 1.165) is 0 Å². The highest BCUT2D eigenvalue weighted by Gasteiger charge is 2.11. The van der Waals surface area contributed by atoms with Gasteiger partial charge in [-0.05, 0) is 36.4 Å². The van der Waals surface area contributed by atoms with Crippen LogP contribution in [0, 0.1) is 0 Å². The number of halogens is 1. The maximum Gasteiger partial charge on any atom is 0.339 e. The summed E-state index contributed by atoms with van der Waals surface area (Å²) in [6, 6.07) is 10.2. The van der Waals surface area contributed by atoms with E-state index in [9.17, 15) is 4.79 Å². The molecule has 2 heterocycles. The van der Waals surface area contributed by atoms with Crippen molar-refractivity contribution in [2.75, 3.05) is 0 Å². The fourth-order valence-corrected chi connectivity index (χ4v) is 2.11. The first kappa shape index (κ1) is 13.5. The van der Waals surface area contributed by atoms with Crippen LogP contribution >= 0.6 is 11.6 Å². The number of hydrogen-bond acceptors (Lipinski definition) is 3. The summed E-state index contributed by atoms with van der Waals surface area (Å²) >= 11 is 5.80. The zero-order valence-electron chi connectivity index (χ0n) is 10.9. The normalized spacial score (nSPS) is 10.7. The van der Waals surface area contributed by atoms with E-state index in [1.807, 2.05) is 0 Å². The second kappa shape index (κ2) is 5.46. The molecule has 0 spiro atoms. The number of carbonyl (C=O) groups is 1. The van der Waals surface area contributed by atoms with Gasteiger partial charge in [0, 0.05) is 17.4 Å². The summed E-state index contributed by atoms with van der Waals surface area (Å²) in [6.45, 7) is 0.252. The van der Waals surface area contributed by atoms with E-state index in [1.54, 1.807) is 47.1 Å². The molecule has 0 saturated heterocycles. The highest BCUT2D eigenvalue weighted by Crippen LogP contribution is 2.17. The van der Waals surface area contributed by atoms with Crippen molar-refractivity contribution in [3.63, 3.8) is 0 Å². The van der Waals surface area contributed by atoms with E-state index >= 15 is 0 Å². The number of carboxylic acids is 1. The highest BCUT2D eigenvalue weighted by molar-refractivity contribution is 6.30. The van der Waals surface area contributed by atoms with E-state index in [0.29, 0.717) is 22.1 Å². The number of rotatable bonds is 4. The molecule has 6 heteroatoms. The van der Waals surface area contributed by atoms with Crippen LogP contribution in [0.1, 0.15) is 16.1 Å². The highest BCUT2D eigenvalue weighted by atomic mass is 35.5. The van der Waals surface area contributed by atoms with Crippen molar-refractivity contribution < 1.29 is 14.6 Å². The molecular formula is C15H11ClN2O3. The zero-order valence-corrected chi connectivity index (χ0v) is 11.6. The Bertz CT molecular complexity index is 796. The van der Waals surface area contributed by atoms with Crippen LogP contribution in [0.15, 0.2) is 48.8 Å². The van der Waals surface area contributed by atoms with Gasteiger partial charge in [-0.2, -0.15) is 0 Å². The Kier molecular flexibility index (Phi) is 3.50. The standard InChI is InChI=1S/C15H11ClN2O3/c16-10-3-5-12(6-4-10)21-9-11-8-18-7-1-2-13(15(19)20)14(18)17-11/h1-8H,9H2,(H,19,20). The van der Waals surface area contributed by atoms with Crippen LogP contribution in [-0.2, 0) is 6.61 Å². The van der Waals surface area contributed by atoms with Crippen molar-refractivity contribution in [2.24, 2.45) is 0 Å². The van der Waals surface area contributed by atoms with Crippen molar-refractivity contribution in [1.29, 1.82) is 0 Å². The monoisotopic (exact) mass is 302 g/mol. The molecule has 5 nitrogen and oxygen atoms in total. The number of ether oxygens (including phenoxy) is 1. The molecule has 3 rings (SSSR count). The lowest BCUT2D eigenvalue weighted by atomic mass is 10.3. The van der Waals surface area contributed by atoms with Gasteiger partial charge in [-0.1, -0.05) is 11.6 Å². The van der Waals surface area contributed by atoms with Crippen LogP contribution in [-0.4, -0.2) is 20.5 Å². The Morgan fingerprint density at radius 2 is 2.05 bits per heavy atom.